The zero-order valence-electron chi connectivity index (χ0n) is 8.69. The predicted molar refractivity (Wildman–Crippen MR) is 61.6 cm³/mol. The van der Waals surface area contributed by atoms with E-state index < -0.39 is 0 Å². The highest BCUT2D eigenvalue weighted by molar-refractivity contribution is 5.98. The lowest BCUT2D eigenvalue weighted by Crippen LogP contribution is -2.47. The Labute approximate surface area is 89.8 Å². The second kappa shape index (κ2) is 4.79. The summed E-state index contributed by atoms with van der Waals surface area (Å²) in [6.45, 7) is 3.91. The van der Waals surface area contributed by atoms with Gasteiger partial charge >= 0.3 is 0 Å². The summed E-state index contributed by atoms with van der Waals surface area (Å²) >= 11 is 0. The summed E-state index contributed by atoms with van der Waals surface area (Å²) in [6.07, 6.45) is 0. The van der Waals surface area contributed by atoms with Crippen molar-refractivity contribution in [1.29, 1.82) is 0 Å². The molecule has 0 radical (unpaired) electrons. The Morgan fingerprint density at radius 2 is 1.87 bits per heavy atom. The van der Waals surface area contributed by atoms with Crippen molar-refractivity contribution in [1.82, 2.24) is 10.2 Å². The van der Waals surface area contributed by atoms with Crippen LogP contribution in [0.2, 0.25) is 0 Å². The van der Waals surface area contributed by atoms with Crippen molar-refractivity contribution >= 4 is 5.84 Å². The number of nitrogens with one attached hydrogen (secondary N) is 1. The highest BCUT2D eigenvalue weighted by Crippen LogP contribution is 2.06. The molecule has 0 aliphatic carbocycles. The number of benzene rings is 1. The molecule has 4 nitrogen and oxygen atoms in total. The van der Waals surface area contributed by atoms with E-state index in [1.165, 1.54) is 0 Å². The van der Waals surface area contributed by atoms with Crippen molar-refractivity contribution in [3.8, 4) is 0 Å². The number of nitrogens with zero attached hydrogens (tertiary/aromatic N) is 2. The molecule has 80 valence electrons. The number of rotatable bonds is 1. The van der Waals surface area contributed by atoms with Crippen molar-refractivity contribution in [3.05, 3.63) is 35.9 Å². The normalized spacial score (nSPS) is 17.9. The fourth-order valence-electron chi connectivity index (χ4n) is 1.80. The standard InChI is InChI=1S/C11H16N4/c12-14-11(10-4-2-1-3-5-10)15-8-6-13-7-9-15/h1-5,13H,6-9,12H2/b14-11+. The SMILES string of the molecule is N/N=C(\c1ccccc1)N1CCNCC1. The van der Waals surface area contributed by atoms with Gasteiger partial charge in [0.05, 0.1) is 0 Å². The van der Waals surface area contributed by atoms with E-state index >= 15 is 0 Å². The van der Waals surface area contributed by atoms with Crippen LogP contribution in [0.1, 0.15) is 5.56 Å². The van der Waals surface area contributed by atoms with Crippen LogP contribution in [0.15, 0.2) is 35.4 Å². The minimum atomic E-state index is 0.886. The van der Waals surface area contributed by atoms with Crippen molar-refractivity contribution < 1.29 is 0 Å². The lowest BCUT2D eigenvalue weighted by molar-refractivity contribution is 0.357. The summed E-state index contributed by atoms with van der Waals surface area (Å²) in [5, 5.41) is 7.20. The molecule has 1 saturated heterocycles. The van der Waals surface area contributed by atoms with Gasteiger partial charge in [-0.2, -0.15) is 5.10 Å². The first kappa shape index (κ1) is 9.98. The minimum Gasteiger partial charge on any atom is -0.352 e. The van der Waals surface area contributed by atoms with Gasteiger partial charge in [0.1, 0.15) is 0 Å². The maximum atomic E-state index is 5.46. The molecule has 1 heterocycles. The monoisotopic (exact) mass is 204 g/mol. The first-order valence-corrected chi connectivity index (χ1v) is 5.21. The van der Waals surface area contributed by atoms with Gasteiger partial charge in [0.2, 0.25) is 0 Å². The van der Waals surface area contributed by atoms with Gasteiger partial charge in [-0.05, 0) is 0 Å². The van der Waals surface area contributed by atoms with Gasteiger partial charge in [-0.1, -0.05) is 30.3 Å². The van der Waals surface area contributed by atoms with Crippen LogP contribution in [0.25, 0.3) is 0 Å². The van der Waals surface area contributed by atoms with Gasteiger partial charge in [0.25, 0.3) is 0 Å². The molecule has 1 aromatic rings. The van der Waals surface area contributed by atoms with E-state index in [0.717, 1.165) is 37.6 Å². The van der Waals surface area contributed by atoms with E-state index in [1.54, 1.807) is 0 Å². The Morgan fingerprint density at radius 1 is 1.20 bits per heavy atom. The number of nitrogens with two attached hydrogens (primary N) is 1. The second-order valence-electron chi connectivity index (χ2n) is 3.56. The first-order valence-electron chi connectivity index (χ1n) is 5.21. The van der Waals surface area contributed by atoms with Crippen LogP contribution in [-0.4, -0.2) is 36.9 Å². The molecule has 0 spiro atoms. The van der Waals surface area contributed by atoms with E-state index in [-0.39, 0.29) is 0 Å². The quantitative estimate of drug-likeness (QED) is 0.298. The maximum absolute atomic E-state index is 5.46. The molecular formula is C11H16N4. The number of hydrazone groups is 1. The molecular weight excluding hydrogens is 188 g/mol. The molecule has 15 heavy (non-hydrogen) atoms. The molecule has 0 saturated carbocycles. The molecule has 0 unspecified atom stereocenters. The van der Waals surface area contributed by atoms with E-state index in [4.69, 9.17) is 5.84 Å². The second-order valence-corrected chi connectivity index (χ2v) is 3.56. The van der Waals surface area contributed by atoms with Gasteiger partial charge in [0, 0.05) is 31.7 Å². The molecule has 4 heteroatoms. The van der Waals surface area contributed by atoms with E-state index in [2.05, 4.69) is 15.3 Å². The van der Waals surface area contributed by atoms with Crippen LogP contribution < -0.4 is 11.2 Å². The predicted octanol–water partition coefficient (Wildman–Crippen LogP) is 0.212. The third-order valence-electron chi connectivity index (χ3n) is 2.57. The Morgan fingerprint density at radius 3 is 2.47 bits per heavy atom. The lowest BCUT2D eigenvalue weighted by atomic mass is 10.2. The Bertz CT molecular complexity index is 328. The maximum Gasteiger partial charge on any atom is 0.155 e. The Kier molecular flexibility index (Phi) is 3.19. The smallest absolute Gasteiger partial charge is 0.155 e. The first-order chi connectivity index (χ1) is 7.42. The molecule has 1 aliphatic heterocycles. The van der Waals surface area contributed by atoms with Crippen LogP contribution in [0.5, 0.6) is 0 Å². The number of hydrogen-bond acceptors (Lipinski definition) is 3. The largest absolute Gasteiger partial charge is 0.352 e. The average molecular weight is 204 g/mol. The van der Waals surface area contributed by atoms with Gasteiger partial charge < -0.3 is 16.1 Å². The summed E-state index contributed by atoms with van der Waals surface area (Å²) in [6, 6.07) is 10.1. The highest BCUT2D eigenvalue weighted by atomic mass is 15.3. The molecule has 0 aromatic heterocycles. The average Bonchev–Trinajstić information content (AvgIpc) is 2.33. The van der Waals surface area contributed by atoms with Crippen LogP contribution in [0.4, 0.5) is 0 Å². The van der Waals surface area contributed by atoms with Crippen LogP contribution in [0, 0.1) is 0 Å². The van der Waals surface area contributed by atoms with Gasteiger partial charge in [-0.3, -0.25) is 0 Å². The summed E-state index contributed by atoms with van der Waals surface area (Å²) in [4.78, 5) is 2.21. The molecule has 3 N–H and O–H groups in total. The molecule has 1 fully saturated rings. The highest BCUT2D eigenvalue weighted by Gasteiger charge is 2.15. The van der Waals surface area contributed by atoms with E-state index in [1.807, 2.05) is 30.3 Å². The zero-order chi connectivity index (χ0) is 10.5. The van der Waals surface area contributed by atoms with Gasteiger partial charge in [-0.25, -0.2) is 0 Å². The van der Waals surface area contributed by atoms with E-state index in [0.29, 0.717) is 0 Å². The topological polar surface area (TPSA) is 53.6 Å². The molecule has 1 aliphatic rings. The molecule has 1 aromatic carbocycles. The van der Waals surface area contributed by atoms with Gasteiger partial charge in [-0.15, -0.1) is 0 Å². The Hall–Kier alpha value is -1.55. The number of hydrogen-bond donors (Lipinski definition) is 2. The van der Waals surface area contributed by atoms with Crippen molar-refractivity contribution in [2.24, 2.45) is 10.9 Å². The number of amidine groups is 1. The minimum absolute atomic E-state index is 0.886. The third kappa shape index (κ3) is 2.27. The lowest BCUT2D eigenvalue weighted by Gasteiger charge is -2.29. The van der Waals surface area contributed by atoms with Crippen molar-refractivity contribution in [2.75, 3.05) is 26.2 Å². The van der Waals surface area contributed by atoms with Crippen molar-refractivity contribution in [2.45, 2.75) is 0 Å². The molecule has 2 rings (SSSR count). The third-order valence-corrected chi connectivity index (χ3v) is 2.57. The summed E-state index contributed by atoms with van der Waals surface area (Å²) in [7, 11) is 0. The fourth-order valence-corrected chi connectivity index (χ4v) is 1.80. The summed E-state index contributed by atoms with van der Waals surface area (Å²) in [5.74, 6) is 6.35. The summed E-state index contributed by atoms with van der Waals surface area (Å²) < 4.78 is 0. The van der Waals surface area contributed by atoms with Crippen LogP contribution >= 0.6 is 0 Å². The van der Waals surface area contributed by atoms with Gasteiger partial charge in [0.15, 0.2) is 5.84 Å². The van der Waals surface area contributed by atoms with Crippen molar-refractivity contribution in [3.63, 3.8) is 0 Å². The molecule has 0 bridgehead atoms. The number of piperazine rings is 1. The Balaban J connectivity index is 2.17. The van der Waals surface area contributed by atoms with Crippen LogP contribution in [0.3, 0.4) is 0 Å². The zero-order valence-corrected chi connectivity index (χ0v) is 8.69. The summed E-state index contributed by atoms with van der Waals surface area (Å²) in [5.41, 5.74) is 1.09. The van der Waals surface area contributed by atoms with E-state index in [9.17, 15) is 0 Å². The molecule has 0 amide bonds. The fraction of sp³-hybridized carbons (Fsp3) is 0.364. The van der Waals surface area contributed by atoms with Crippen LogP contribution in [-0.2, 0) is 0 Å². The molecule has 0 atom stereocenters.